The van der Waals surface area contributed by atoms with Gasteiger partial charge in [-0.2, -0.15) is 0 Å². The summed E-state index contributed by atoms with van der Waals surface area (Å²) >= 11 is 10.7. The number of halogens is 2. The highest BCUT2D eigenvalue weighted by Crippen LogP contribution is 2.22. The molecule has 2 aromatic rings. The minimum Gasteiger partial charge on any atom is -0.212 e. The standard InChI is InChI=1S/C14H15BrClNO2S2/c1-17(8-13-6-14(15)20-9-13)21(18,19)10-12-4-2-11(7-16)3-5-12/h2-6,9H,7-8,10H2,1H3. The van der Waals surface area contributed by atoms with Crippen LogP contribution in [0.1, 0.15) is 16.7 Å². The van der Waals surface area contributed by atoms with Crippen LogP contribution in [0.3, 0.4) is 0 Å². The van der Waals surface area contributed by atoms with Gasteiger partial charge >= 0.3 is 0 Å². The predicted octanol–water partition coefficient (Wildman–Crippen LogP) is 4.21. The van der Waals surface area contributed by atoms with Crippen molar-refractivity contribution in [1.82, 2.24) is 4.31 Å². The number of nitrogens with zero attached hydrogens (tertiary/aromatic N) is 1. The van der Waals surface area contributed by atoms with Gasteiger partial charge in [-0.3, -0.25) is 0 Å². The van der Waals surface area contributed by atoms with Crippen molar-refractivity contribution in [2.45, 2.75) is 18.2 Å². The molecule has 0 unspecified atom stereocenters. The maximum atomic E-state index is 12.4. The summed E-state index contributed by atoms with van der Waals surface area (Å²) in [5.74, 6) is 0.428. The summed E-state index contributed by atoms with van der Waals surface area (Å²) in [6.45, 7) is 0.379. The molecule has 0 aliphatic rings. The van der Waals surface area contributed by atoms with Crippen LogP contribution in [0.5, 0.6) is 0 Å². The Morgan fingerprint density at radius 3 is 2.33 bits per heavy atom. The summed E-state index contributed by atoms with van der Waals surface area (Å²) in [7, 11) is -1.73. The van der Waals surface area contributed by atoms with E-state index in [0.717, 1.165) is 20.5 Å². The van der Waals surface area contributed by atoms with Crippen LogP contribution in [0.25, 0.3) is 0 Å². The van der Waals surface area contributed by atoms with Crippen LogP contribution >= 0.6 is 38.9 Å². The molecule has 0 spiro atoms. The third-order valence-corrected chi connectivity index (χ3v) is 6.67. The van der Waals surface area contributed by atoms with Gasteiger partial charge in [0, 0.05) is 19.5 Å². The molecule has 0 aliphatic carbocycles. The first-order valence-electron chi connectivity index (χ1n) is 6.21. The highest BCUT2D eigenvalue weighted by molar-refractivity contribution is 9.11. The Labute approximate surface area is 142 Å². The molecule has 1 heterocycles. The van der Waals surface area contributed by atoms with Crippen LogP contribution in [0, 0.1) is 0 Å². The summed E-state index contributed by atoms with van der Waals surface area (Å²) in [6.07, 6.45) is 0. The van der Waals surface area contributed by atoms with Crippen molar-refractivity contribution in [3.8, 4) is 0 Å². The average Bonchev–Trinajstić information content (AvgIpc) is 2.84. The van der Waals surface area contributed by atoms with Gasteiger partial charge < -0.3 is 0 Å². The zero-order chi connectivity index (χ0) is 15.5. The Kier molecular flexibility index (Phi) is 5.85. The largest absolute Gasteiger partial charge is 0.218 e. The first-order valence-corrected chi connectivity index (χ1v) is 10.0. The molecule has 0 fully saturated rings. The molecule has 0 saturated heterocycles. The van der Waals surface area contributed by atoms with E-state index in [0.29, 0.717) is 12.4 Å². The van der Waals surface area contributed by atoms with Crippen LogP contribution in [0.2, 0.25) is 0 Å². The van der Waals surface area contributed by atoms with Gasteiger partial charge in [0.15, 0.2) is 0 Å². The fourth-order valence-electron chi connectivity index (χ4n) is 1.83. The van der Waals surface area contributed by atoms with E-state index in [1.54, 1.807) is 18.4 Å². The monoisotopic (exact) mass is 407 g/mol. The van der Waals surface area contributed by atoms with Gasteiger partial charge in [0.1, 0.15) is 0 Å². The third kappa shape index (κ3) is 4.79. The van der Waals surface area contributed by atoms with Crippen LogP contribution in [-0.4, -0.2) is 19.8 Å². The lowest BCUT2D eigenvalue weighted by Crippen LogP contribution is -2.27. The number of rotatable bonds is 6. The second-order valence-corrected chi connectivity index (χ2v) is 9.36. The minimum atomic E-state index is -3.33. The zero-order valence-corrected chi connectivity index (χ0v) is 15.4. The number of alkyl halides is 1. The second-order valence-electron chi connectivity index (χ2n) is 4.72. The predicted molar refractivity (Wildman–Crippen MR) is 92.1 cm³/mol. The van der Waals surface area contributed by atoms with Crippen LogP contribution < -0.4 is 0 Å². The molecule has 3 nitrogen and oxygen atoms in total. The van der Waals surface area contributed by atoms with Crippen molar-refractivity contribution in [3.63, 3.8) is 0 Å². The van der Waals surface area contributed by atoms with Crippen LogP contribution in [0.4, 0.5) is 0 Å². The van der Waals surface area contributed by atoms with Crippen molar-refractivity contribution in [3.05, 3.63) is 56.2 Å². The highest BCUT2D eigenvalue weighted by Gasteiger charge is 2.19. The first-order chi connectivity index (χ1) is 9.90. The number of sulfonamides is 1. The normalized spacial score (nSPS) is 12.0. The SMILES string of the molecule is CN(Cc1csc(Br)c1)S(=O)(=O)Cc1ccc(CCl)cc1. The molecule has 0 amide bonds. The van der Waals surface area contributed by atoms with E-state index in [-0.39, 0.29) is 5.75 Å². The second kappa shape index (κ2) is 7.24. The molecule has 0 saturated carbocycles. The van der Waals surface area contributed by atoms with Gasteiger partial charge in [0.25, 0.3) is 0 Å². The lowest BCUT2D eigenvalue weighted by atomic mass is 10.2. The molecule has 7 heteroatoms. The average molecular weight is 409 g/mol. The van der Waals surface area contributed by atoms with Gasteiger partial charge in [-0.1, -0.05) is 24.3 Å². The molecule has 0 radical (unpaired) electrons. The fraction of sp³-hybridized carbons (Fsp3) is 0.286. The molecule has 1 aromatic heterocycles. The van der Waals surface area contributed by atoms with Crippen LogP contribution in [0.15, 0.2) is 39.5 Å². The highest BCUT2D eigenvalue weighted by atomic mass is 79.9. The fourth-order valence-corrected chi connectivity index (χ4v) is 4.39. The smallest absolute Gasteiger partial charge is 0.212 e. The van der Waals surface area contributed by atoms with E-state index in [1.807, 2.05) is 35.7 Å². The van der Waals surface area contributed by atoms with Crippen molar-refractivity contribution >= 4 is 48.9 Å². The van der Waals surface area contributed by atoms with Crippen LogP contribution in [-0.2, 0) is 28.2 Å². The van der Waals surface area contributed by atoms with E-state index in [4.69, 9.17) is 11.6 Å². The van der Waals surface area contributed by atoms with E-state index < -0.39 is 10.0 Å². The Hall–Kier alpha value is -0.400. The van der Waals surface area contributed by atoms with E-state index >= 15 is 0 Å². The summed E-state index contributed by atoms with van der Waals surface area (Å²) in [6, 6.07) is 9.27. The zero-order valence-electron chi connectivity index (χ0n) is 11.4. The number of thiophene rings is 1. The Morgan fingerprint density at radius 1 is 1.19 bits per heavy atom. The van der Waals surface area contributed by atoms with Gasteiger partial charge in [-0.25, -0.2) is 12.7 Å². The Bertz CT molecular complexity index is 698. The minimum absolute atomic E-state index is 0.00261. The summed E-state index contributed by atoms with van der Waals surface area (Å²) in [4.78, 5) is 0. The van der Waals surface area contributed by atoms with Gasteiger partial charge in [-0.15, -0.1) is 22.9 Å². The summed E-state index contributed by atoms with van der Waals surface area (Å²) in [5.41, 5.74) is 2.73. The Morgan fingerprint density at radius 2 is 1.81 bits per heavy atom. The van der Waals surface area contributed by atoms with Gasteiger partial charge in [0.2, 0.25) is 10.0 Å². The van der Waals surface area contributed by atoms with Crippen molar-refractivity contribution in [2.75, 3.05) is 7.05 Å². The van der Waals surface area contributed by atoms with Gasteiger partial charge in [-0.05, 0) is 44.1 Å². The topological polar surface area (TPSA) is 37.4 Å². The number of hydrogen-bond acceptors (Lipinski definition) is 3. The summed E-state index contributed by atoms with van der Waals surface area (Å²) in [5, 5.41) is 1.95. The quantitative estimate of drug-likeness (QED) is 0.671. The lowest BCUT2D eigenvalue weighted by Gasteiger charge is -2.16. The number of benzene rings is 1. The molecule has 0 aliphatic heterocycles. The molecule has 2 rings (SSSR count). The molecular weight excluding hydrogens is 394 g/mol. The van der Waals surface area contributed by atoms with Crippen molar-refractivity contribution < 1.29 is 8.42 Å². The maximum Gasteiger partial charge on any atom is 0.218 e. The van der Waals surface area contributed by atoms with Crippen molar-refractivity contribution in [2.24, 2.45) is 0 Å². The number of hydrogen-bond donors (Lipinski definition) is 0. The molecule has 114 valence electrons. The molecule has 0 bridgehead atoms. The third-order valence-electron chi connectivity index (χ3n) is 3.03. The molecular formula is C14H15BrClNO2S2. The molecule has 0 N–H and O–H groups in total. The first kappa shape index (κ1) is 17.0. The van der Waals surface area contributed by atoms with E-state index in [9.17, 15) is 8.42 Å². The summed E-state index contributed by atoms with van der Waals surface area (Å²) < 4.78 is 27.1. The lowest BCUT2D eigenvalue weighted by molar-refractivity contribution is 0.466. The van der Waals surface area contributed by atoms with Crippen molar-refractivity contribution in [1.29, 1.82) is 0 Å². The van der Waals surface area contributed by atoms with Gasteiger partial charge in [0.05, 0.1) is 9.54 Å². The molecule has 21 heavy (non-hydrogen) atoms. The maximum absolute atomic E-state index is 12.4. The Balaban J connectivity index is 2.05. The molecule has 0 atom stereocenters. The molecule has 1 aromatic carbocycles. The van der Waals surface area contributed by atoms with E-state index in [2.05, 4.69) is 15.9 Å². The van der Waals surface area contributed by atoms with E-state index in [1.165, 1.54) is 4.31 Å².